The van der Waals surface area contributed by atoms with Crippen molar-refractivity contribution in [3.8, 4) is 11.5 Å². The summed E-state index contributed by atoms with van der Waals surface area (Å²) >= 11 is 2.66. The monoisotopic (exact) mass is 407 g/mol. The van der Waals surface area contributed by atoms with E-state index in [9.17, 15) is 9.50 Å². The fourth-order valence-electron chi connectivity index (χ4n) is 2.08. The molecule has 2 aromatic carbocycles. The van der Waals surface area contributed by atoms with Crippen molar-refractivity contribution in [1.82, 2.24) is 10.2 Å². The molecule has 0 aliphatic heterocycles. The van der Waals surface area contributed by atoms with Gasteiger partial charge in [-0.25, -0.2) is 4.39 Å². The largest absolute Gasteiger partial charge is 0.497 e. The number of nitrogens with zero attached hydrogens (tertiary/aromatic N) is 2. The maximum atomic E-state index is 13.6. The maximum Gasteiger partial charge on any atom is 0.210 e. The van der Waals surface area contributed by atoms with Gasteiger partial charge in [-0.1, -0.05) is 35.2 Å². The summed E-state index contributed by atoms with van der Waals surface area (Å²) in [5.74, 6) is 1.46. The molecule has 0 spiro atoms. The number of ether oxygens (including phenoxy) is 2. The van der Waals surface area contributed by atoms with E-state index in [2.05, 4.69) is 15.5 Å². The van der Waals surface area contributed by atoms with Gasteiger partial charge in [0.05, 0.1) is 18.9 Å². The molecule has 0 radical (unpaired) electrons. The molecule has 142 valence electrons. The van der Waals surface area contributed by atoms with Gasteiger partial charge in [-0.2, -0.15) is 0 Å². The fourth-order valence-corrected chi connectivity index (χ4v) is 3.77. The third-order valence-corrected chi connectivity index (χ3v) is 5.54. The summed E-state index contributed by atoms with van der Waals surface area (Å²) in [6.45, 7) is 0.165. The molecule has 1 atom stereocenters. The number of aliphatic hydroxyl groups excluding tert-OH is 1. The molecular formula is C18H18FN3O3S2. The molecule has 0 aliphatic carbocycles. The minimum absolute atomic E-state index is 0.165. The van der Waals surface area contributed by atoms with Crippen LogP contribution in [0.4, 0.5) is 15.2 Å². The second-order valence-electron chi connectivity index (χ2n) is 5.43. The highest BCUT2D eigenvalue weighted by Crippen LogP contribution is 2.29. The quantitative estimate of drug-likeness (QED) is 0.520. The van der Waals surface area contributed by atoms with Gasteiger partial charge < -0.3 is 19.9 Å². The zero-order chi connectivity index (χ0) is 19.1. The summed E-state index contributed by atoms with van der Waals surface area (Å²) in [5, 5.41) is 21.5. The minimum atomic E-state index is -0.663. The van der Waals surface area contributed by atoms with Gasteiger partial charge in [0.25, 0.3) is 0 Å². The van der Waals surface area contributed by atoms with Crippen molar-refractivity contribution in [2.75, 3.05) is 24.8 Å². The van der Waals surface area contributed by atoms with Crippen molar-refractivity contribution in [2.45, 2.75) is 10.4 Å². The Morgan fingerprint density at radius 1 is 1.15 bits per heavy atom. The fraction of sp³-hybridized carbons (Fsp3) is 0.222. The van der Waals surface area contributed by atoms with Gasteiger partial charge in [0, 0.05) is 5.75 Å². The number of aromatic nitrogens is 2. The summed E-state index contributed by atoms with van der Waals surface area (Å²) in [6.07, 6.45) is -0.663. The number of benzene rings is 2. The van der Waals surface area contributed by atoms with Crippen LogP contribution in [-0.2, 0) is 0 Å². The number of hydrogen-bond donors (Lipinski definition) is 2. The summed E-state index contributed by atoms with van der Waals surface area (Å²) < 4.78 is 24.9. The van der Waals surface area contributed by atoms with Crippen LogP contribution in [0.3, 0.4) is 0 Å². The smallest absolute Gasteiger partial charge is 0.210 e. The molecule has 0 aliphatic rings. The summed E-state index contributed by atoms with van der Waals surface area (Å²) in [6, 6.07) is 13.5. The second kappa shape index (κ2) is 9.54. The average Bonchev–Trinajstić information content (AvgIpc) is 3.14. The van der Waals surface area contributed by atoms with Gasteiger partial charge in [0.15, 0.2) is 4.34 Å². The number of anilines is 2. The summed E-state index contributed by atoms with van der Waals surface area (Å²) in [4.78, 5) is 0. The normalized spacial score (nSPS) is 11.8. The lowest BCUT2D eigenvalue weighted by Crippen LogP contribution is -2.19. The Morgan fingerprint density at radius 2 is 1.89 bits per heavy atom. The van der Waals surface area contributed by atoms with Crippen molar-refractivity contribution >= 4 is 33.9 Å². The average molecular weight is 407 g/mol. The van der Waals surface area contributed by atoms with Gasteiger partial charge in [-0.05, 0) is 36.4 Å². The third kappa shape index (κ3) is 5.81. The van der Waals surface area contributed by atoms with E-state index in [1.54, 1.807) is 49.6 Å². The number of aliphatic hydroxyl groups is 1. The van der Waals surface area contributed by atoms with Crippen molar-refractivity contribution < 1.29 is 19.0 Å². The molecule has 0 amide bonds. The molecule has 2 N–H and O–H groups in total. The van der Waals surface area contributed by atoms with Crippen LogP contribution in [0.25, 0.3) is 0 Å². The molecule has 1 unspecified atom stereocenters. The Hall–Kier alpha value is -2.36. The van der Waals surface area contributed by atoms with E-state index in [0.29, 0.717) is 26.7 Å². The molecule has 3 aromatic rings. The number of para-hydroxylation sites is 1. The van der Waals surface area contributed by atoms with Crippen LogP contribution in [0, 0.1) is 5.82 Å². The van der Waals surface area contributed by atoms with Crippen LogP contribution in [0.5, 0.6) is 11.5 Å². The maximum absolute atomic E-state index is 13.6. The molecule has 3 rings (SSSR count). The van der Waals surface area contributed by atoms with Crippen LogP contribution in [0.15, 0.2) is 52.9 Å². The number of hydrogen-bond acceptors (Lipinski definition) is 8. The number of halogens is 1. The van der Waals surface area contributed by atoms with E-state index >= 15 is 0 Å². The Balaban J connectivity index is 1.44. The first kappa shape index (κ1) is 19.4. The molecule has 0 fully saturated rings. The lowest BCUT2D eigenvalue weighted by atomic mass is 10.3. The van der Waals surface area contributed by atoms with Crippen LogP contribution in [0.2, 0.25) is 0 Å². The molecule has 1 heterocycles. The van der Waals surface area contributed by atoms with Crippen molar-refractivity contribution in [1.29, 1.82) is 0 Å². The standard InChI is InChI=1S/C18H18FN3O3S2/c1-24-13-6-8-14(9-7-13)25-10-12(23)11-26-18-22-21-17(27-18)20-16-5-3-2-4-15(16)19/h2-9,12,23H,10-11H2,1H3,(H,20,21). The second-order valence-corrected chi connectivity index (χ2v) is 7.67. The molecular weight excluding hydrogens is 389 g/mol. The predicted molar refractivity (Wildman–Crippen MR) is 105 cm³/mol. The van der Waals surface area contributed by atoms with Crippen LogP contribution < -0.4 is 14.8 Å². The first-order chi connectivity index (χ1) is 13.1. The van der Waals surface area contributed by atoms with E-state index in [1.165, 1.54) is 29.2 Å². The lowest BCUT2D eigenvalue weighted by molar-refractivity contribution is 0.126. The van der Waals surface area contributed by atoms with Crippen LogP contribution in [-0.4, -0.2) is 40.9 Å². The van der Waals surface area contributed by atoms with Gasteiger partial charge in [0.2, 0.25) is 5.13 Å². The van der Waals surface area contributed by atoms with Gasteiger partial charge in [0.1, 0.15) is 23.9 Å². The van der Waals surface area contributed by atoms with Gasteiger partial charge in [-0.15, -0.1) is 10.2 Å². The molecule has 9 heteroatoms. The Bertz CT molecular complexity index is 861. The Labute approximate surface area is 164 Å². The highest BCUT2D eigenvalue weighted by atomic mass is 32.2. The zero-order valence-corrected chi connectivity index (χ0v) is 16.1. The minimum Gasteiger partial charge on any atom is -0.497 e. The van der Waals surface area contributed by atoms with E-state index in [4.69, 9.17) is 9.47 Å². The van der Waals surface area contributed by atoms with Gasteiger partial charge >= 0.3 is 0 Å². The highest BCUT2D eigenvalue weighted by Gasteiger charge is 2.11. The number of methoxy groups -OCH3 is 1. The lowest BCUT2D eigenvalue weighted by Gasteiger charge is -2.11. The molecule has 0 saturated carbocycles. The van der Waals surface area contributed by atoms with Crippen molar-refractivity contribution in [2.24, 2.45) is 0 Å². The summed E-state index contributed by atoms with van der Waals surface area (Å²) in [7, 11) is 1.60. The molecule has 1 aromatic heterocycles. The van der Waals surface area contributed by atoms with Crippen LogP contribution in [0.1, 0.15) is 0 Å². The molecule has 6 nitrogen and oxygen atoms in total. The van der Waals surface area contributed by atoms with Crippen molar-refractivity contribution in [3.63, 3.8) is 0 Å². The van der Waals surface area contributed by atoms with E-state index in [1.807, 2.05) is 0 Å². The van der Waals surface area contributed by atoms with Crippen LogP contribution >= 0.6 is 23.1 Å². The molecule has 0 bridgehead atoms. The zero-order valence-electron chi connectivity index (χ0n) is 14.5. The number of rotatable bonds is 9. The number of nitrogens with one attached hydrogen (secondary N) is 1. The predicted octanol–water partition coefficient (Wildman–Crippen LogP) is 3.96. The van der Waals surface area contributed by atoms with E-state index < -0.39 is 6.10 Å². The topological polar surface area (TPSA) is 76.5 Å². The molecule has 27 heavy (non-hydrogen) atoms. The highest BCUT2D eigenvalue weighted by molar-refractivity contribution is 8.01. The third-order valence-electron chi connectivity index (χ3n) is 3.42. The van der Waals surface area contributed by atoms with Crippen molar-refractivity contribution in [3.05, 3.63) is 54.3 Å². The summed E-state index contributed by atoms with van der Waals surface area (Å²) in [5.41, 5.74) is 0.345. The Kier molecular flexibility index (Phi) is 6.86. The first-order valence-corrected chi connectivity index (χ1v) is 9.87. The number of thioether (sulfide) groups is 1. The van der Waals surface area contributed by atoms with E-state index in [-0.39, 0.29) is 12.4 Å². The van der Waals surface area contributed by atoms with Gasteiger partial charge in [-0.3, -0.25) is 0 Å². The SMILES string of the molecule is COc1ccc(OCC(O)CSc2nnc(Nc3ccccc3F)s2)cc1. The van der Waals surface area contributed by atoms with E-state index in [0.717, 1.165) is 5.75 Å². The molecule has 0 saturated heterocycles. The Morgan fingerprint density at radius 3 is 2.63 bits per heavy atom. The first-order valence-electron chi connectivity index (χ1n) is 8.07.